The summed E-state index contributed by atoms with van der Waals surface area (Å²) >= 11 is 5.85. The third kappa shape index (κ3) is 3.48. The standard InChI is InChI=1S/C21H17ClN2O3S/c22-17-8-10-18(11-9-17)23-21(25)16-5-3-6-19(14-16)28(26,27)24-13-12-15-4-1-2-7-20(15)24/h1-11,14H,12-13H2,(H,23,25). The maximum atomic E-state index is 13.1. The van der Waals surface area contributed by atoms with Crippen molar-refractivity contribution >= 4 is 38.9 Å². The van der Waals surface area contributed by atoms with Crippen molar-refractivity contribution in [2.75, 3.05) is 16.2 Å². The van der Waals surface area contributed by atoms with Gasteiger partial charge in [-0.1, -0.05) is 35.9 Å². The Morgan fingerprint density at radius 3 is 2.50 bits per heavy atom. The Kier molecular flexibility index (Phi) is 4.83. The van der Waals surface area contributed by atoms with Gasteiger partial charge in [0.15, 0.2) is 0 Å². The zero-order chi connectivity index (χ0) is 19.7. The fraction of sp³-hybridized carbons (Fsp3) is 0.0952. The van der Waals surface area contributed by atoms with Gasteiger partial charge >= 0.3 is 0 Å². The number of halogens is 1. The Hall–Kier alpha value is -2.83. The normalized spacial score (nSPS) is 13.2. The summed E-state index contributed by atoms with van der Waals surface area (Å²) < 4.78 is 27.7. The molecular weight excluding hydrogens is 396 g/mol. The fourth-order valence-corrected chi connectivity index (χ4v) is 4.89. The van der Waals surface area contributed by atoms with Crippen molar-refractivity contribution < 1.29 is 13.2 Å². The van der Waals surface area contributed by atoms with Crippen molar-refractivity contribution in [1.82, 2.24) is 0 Å². The lowest BCUT2D eigenvalue weighted by atomic mass is 10.2. The molecule has 0 radical (unpaired) electrons. The summed E-state index contributed by atoms with van der Waals surface area (Å²) in [4.78, 5) is 12.6. The molecule has 1 amide bonds. The fourth-order valence-electron chi connectivity index (χ4n) is 3.22. The van der Waals surface area contributed by atoms with Crippen LogP contribution in [0, 0.1) is 0 Å². The van der Waals surface area contributed by atoms with Crippen LogP contribution in [-0.2, 0) is 16.4 Å². The Bertz CT molecular complexity index is 1140. The molecule has 0 saturated carbocycles. The summed E-state index contributed by atoms with van der Waals surface area (Å²) in [6.45, 7) is 0.392. The predicted molar refractivity (Wildman–Crippen MR) is 111 cm³/mol. The van der Waals surface area contributed by atoms with Gasteiger partial charge < -0.3 is 5.32 Å². The second kappa shape index (κ2) is 7.30. The Labute approximate surface area is 168 Å². The molecule has 3 aromatic rings. The molecule has 3 aromatic carbocycles. The number of nitrogens with zero attached hydrogens (tertiary/aromatic N) is 1. The second-order valence-corrected chi connectivity index (χ2v) is 8.74. The average molecular weight is 413 g/mol. The van der Waals surface area contributed by atoms with E-state index in [9.17, 15) is 13.2 Å². The van der Waals surface area contributed by atoms with Crippen LogP contribution in [0.1, 0.15) is 15.9 Å². The highest BCUT2D eigenvalue weighted by Gasteiger charge is 2.30. The first kappa shape index (κ1) is 18.5. The molecule has 0 aliphatic carbocycles. The molecule has 1 N–H and O–H groups in total. The molecule has 142 valence electrons. The minimum absolute atomic E-state index is 0.0907. The van der Waals surface area contributed by atoms with Crippen molar-refractivity contribution in [1.29, 1.82) is 0 Å². The van der Waals surface area contributed by atoms with E-state index in [0.717, 1.165) is 5.56 Å². The Morgan fingerprint density at radius 2 is 1.71 bits per heavy atom. The zero-order valence-corrected chi connectivity index (χ0v) is 16.4. The molecule has 7 heteroatoms. The molecule has 5 nitrogen and oxygen atoms in total. The number of hydrogen-bond donors (Lipinski definition) is 1. The van der Waals surface area contributed by atoms with E-state index in [1.165, 1.54) is 16.4 Å². The third-order valence-corrected chi connectivity index (χ3v) is 6.69. The van der Waals surface area contributed by atoms with E-state index >= 15 is 0 Å². The van der Waals surface area contributed by atoms with Crippen molar-refractivity contribution in [2.45, 2.75) is 11.3 Å². The number of rotatable bonds is 4. The van der Waals surface area contributed by atoms with Gasteiger partial charge in [0.05, 0.1) is 10.6 Å². The number of nitrogens with one attached hydrogen (secondary N) is 1. The first-order chi connectivity index (χ1) is 13.4. The van der Waals surface area contributed by atoms with Crippen molar-refractivity contribution in [2.24, 2.45) is 0 Å². The van der Waals surface area contributed by atoms with Crippen LogP contribution in [0.25, 0.3) is 0 Å². The van der Waals surface area contributed by atoms with E-state index in [1.807, 2.05) is 18.2 Å². The monoisotopic (exact) mass is 412 g/mol. The predicted octanol–water partition coefficient (Wildman–Crippen LogP) is 4.34. The minimum atomic E-state index is -3.75. The van der Waals surface area contributed by atoms with Crippen LogP contribution in [-0.4, -0.2) is 20.9 Å². The van der Waals surface area contributed by atoms with Crippen LogP contribution in [0.15, 0.2) is 77.7 Å². The van der Waals surface area contributed by atoms with Gasteiger partial charge in [0.25, 0.3) is 15.9 Å². The summed E-state index contributed by atoms with van der Waals surface area (Å²) in [6, 6.07) is 20.2. The Balaban J connectivity index is 1.61. The van der Waals surface area contributed by atoms with E-state index in [0.29, 0.717) is 29.4 Å². The molecule has 0 aromatic heterocycles. The average Bonchev–Trinajstić information content (AvgIpc) is 3.15. The smallest absolute Gasteiger partial charge is 0.264 e. The lowest BCUT2D eigenvalue weighted by Crippen LogP contribution is -2.29. The zero-order valence-electron chi connectivity index (χ0n) is 14.8. The number of sulfonamides is 1. The van der Waals surface area contributed by atoms with Crippen LogP contribution in [0.3, 0.4) is 0 Å². The molecule has 1 aliphatic heterocycles. The Morgan fingerprint density at radius 1 is 0.964 bits per heavy atom. The van der Waals surface area contributed by atoms with E-state index in [4.69, 9.17) is 11.6 Å². The van der Waals surface area contributed by atoms with Crippen molar-refractivity contribution in [3.63, 3.8) is 0 Å². The molecular formula is C21H17ClN2O3S. The van der Waals surface area contributed by atoms with Crippen LogP contribution < -0.4 is 9.62 Å². The van der Waals surface area contributed by atoms with E-state index in [-0.39, 0.29) is 16.4 Å². The van der Waals surface area contributed by atoms with E-state index in [1.54, 1.807) is 42.5 Å². The maximum Gasteiger partial charge on any atom is 0.264 e. The molecule has 0 saturated heterocycles. The number of carbonyl (C=O) groups excluding carboxylic acids is 1. The minimum Gasteiger partial charge on any atom is -0.322 e. The summed E-state index contributed by atoms with van der Waals surface area (Å²) in [5.74, 6) is -0.388. The van der Waals surface area contributed by atoms with E-state index < -0.39 is 10.0 Å². The van der Waals surface area contributed by atoms with Crippen LogP contribution >= 0.6 is 11.6 Å². The number of fused-ring (bicyclic) bond motifs is 1. The quantitative estimate of drug-likeness (QED) is 0.693. The third-order valence-electron chi connectivity index (χ3n) is 4.63. The van der Waals surface area contributed by atoms with Gasteiger partial charge in [-0.25, -0.2) is 8.42 Å². The van der Waals surface area contributed by atoms with Crippen molar-refractivity contribution in [3.05, 3.63) is 88.9 Å². The van der Waals surface area contributed by atoms with Gasteiger partial charge in [-0.05, 0) is 60.5 Å². The van der Waals surface area contributed by atoms with Crippen molar-refractivity contribution in [3.8, 4) is 0 Å². The number of hydrogen-bond acceptors (Lipinski definition) is 3. The number of benzene rings is 3. The first-order valence-corrected chi connectivity index (χ1v) is 10.5. The molecule has 0 atom stereocenters. The van der Waals surface area contributed by atoms with Gasteiger partial charge in [0, 0.05) is 22.8 Å². The lowest BCUT2D eigenvalue weighted by Gasteiger charge is -2.20. The largest absolute Gasteiger partial charge is 0.322 e. The lowest BCUT2D eigenvalue weighted by molar-refractivity contribution is 0.102. The molecule has 0 bridgehead atoms. The summed E-state index contributed by atoms with van der Waals surface area (Å²) in [5.41, 5.74) is 2.54. The highest BCUT2D eigenvalue weighted by molar-refractivity contribution is 7.92. The maximum absolute atomic E-state index is 13.1. The van der Waals surface area contributed by atoms with Crippen LogP contribution in [0.5, 0.6) is 0 Å². The molecule has 28 heavy (non-hydrogen) atoms. The summed E-state index contributed by atoms with van der Waals surface area (Å²) in [7, 11) is -3.75. The van der Waals surface area contributed by atoms with Gasteiger partial charge in [-0.2, -0.15) is 0 Å². The molecule has 0 fully saturated rings. The molecule has 0 spiro atoms. The number of amides is 1. The highest BCUT2D eigenvalue weighted by atomic mass is 35.5. The van der Waals surface area contributed by atoms with Gasteiger partial charge in [-0.15, -0.1) is 0 Å². The number of para-hydroxylation sites is 1. The topological polar surface area (TPSA) is 66.5 Å². The molecule has 0 unspecified atom stereocenters. The molecule has 1 heterocycles. The number of anilines is 2. The summed E-state index contributed by atoms with van der Waals surface area (Å²) in [6.07, 6.45) is 0.673. The van der Waals surface area contributed by atoms with Gasteiger partial charge in [0.1, 0.15) is 0 Å². The van der Waals surface area contributed by atoms with Gasteiger partial charge in [0.2, 0.25) is 0 Å². The highest BCUT2D eigenvalue weighted by Crippen LogP contribution is 2.32. The SMILES string of the molecule is O=C(Nc1ccc(Cl)cc1)c1cccc(S(=O)(=O)N2CCc3ccccc32)c1. The van der Waals surface area contributed by atoms with Gasteiger partial charge in [-0.3, -0.25) is 9.10 Å². The summed E-state index contributed by atoms with van der Waals surface area (Å²) in [5, 5.41) is 3.31. The van der Waals surface area contributed by atoms with Crippen LogP contribution in [0.2, 0.25) is 5.02 Å². The van der Waals surface area contributed by atoms with E-state index in [2.05, 4.69) is 5.32 Å². The molecule has 1 aliphatic rings. The number of carbonyl (C=O) groups is 1. The second-order valence-electron chi connectivity index (χ2n) is 6.44. The molecule has 4 rings (SSSR count). The first-order valence-electron chi connectivity index (χ1n) is 8.73. The van der Waals surface area contributed by atoms with Crippen LogP contribution in [0.4, 0.5) is 11.4 Å².